The second kappa shape index (κ2) is 3.77. The number of rotatable bonds is 1. The lowest BCUT2D eigenvalue weighted by molar-refractivity contribution is 1.55. The third-order valence-electron chi connectivity index (χ3n) is 1.95. The van der Waals surface area contributed by atoms with E-state index in [0.29, 0.717) is 0 Å². The van der Waals surface area contributed by atoms with E-state index in [0.717, 1.165) is 0 Å². The van der Waals surface area contributed by atoms with E-state index < -0.39 is 0 Å². The number of hydrogen-bond donors (Lipinski definition) is 0. The maximum atomic E-state index is 2.24. The van der Waals surface area contributed by atoms with Crippen LogP contribution in [0.15, 0.2) is 33.2 Å². The Morgan fingerprint density at radius 1 is 1.14 bits per heavy atom. The highest BCUT2D eigenvalue weighted by Crippen LogP contribution is 2.49. The number of fused-ring (bicyclic) bond motifs is 1. The van der Waals surface area contributed by atoms with Crippen molar-refractivity contribution in [2.45, 2.75) is 4.90 Å². The van der Waals surface area contributed by atoms with E-state index in [1.807, 2.05) is 33.5 Å². The van der Waals surface area contributed by atoms with Crippen LogP contribution in [0.4, 0.5) is 0 Å². The average Bonchev–Trinajstić information content (AvgIpc) is 2.85. The molecular formula is C10H6S4. The van der Waals surface area contributed by atoms with Crippen LogP contribution in [-0.4, -0.2) is 0 Å². The number of hydrogen-bond acceptors (Lipinski definition) is 4. The second-order valence-electron chi connectivity index (χ2n) is 2.81. The third kappa shape index (κ3) is 1.46. The van der Waals surface area contributed by atoms with Gasteiger partial charge >= 0.3 is 0 Å². The van der Waals surface area contributed by atoms with Crippen LogP contribution in [0, 0.1) is 0 Å². The van der Waals surface area contributed by atoms with E-state index in [-0.39, 0.29) is 0 Å². The van der Waals surface area contributed by atoms with Crippen molar-refractivity contribution >= 4 is 50.3 Å². The Bertz CT molecular complexity index is 464. The summed E-state index contributed by atoms with van der Waals surface area (Å²) in [5.41, 5.74) is 1.38. The molecule has 0 saturated carbocycles. The van der Waals surface area contributed by atoms with Crippen molar-refractivity contribution < 1.29 is 0 Å². The monoisotopic (exact) mass is 254 g/mol. The van der Waals surface area contributed by atoms with Crippen LogP contribution in [0.2, 0.25) is 0 Å². The molecule has 1 aliphatic rings. The van der Waals surface area contributed by atoms with Gasteiger partial charge in [0.2, 0.25) is 0 Å². The molecule has 0 amide bonds. The first-order valence-corrected chi connectivity index (χ1v) is 8.07. The Morgan fingerprint density at radius 3 is 3.00 bits per heavy atom. The lowest BCUT2D eigenvalue weighted by Crippen LogP contribution is -1.75. The fourth-order valence-electron chi connectivity index (χ4n) is 1.32. The topological polar surface area (TPSA) is 0 Å². The lowest BCUT2D eigenvalue weighted by atomic mass is 10.3. The summed E-state index contributed by atoms with van der Waals surface area (Å²) in [5, 5.41) is 6.53. The first-order valence-electron chi connectivity index (χ1n) is 4.10. The predicted octanol–water partition coefficient (Wildman–Crippen LogP) is 5.20. The minimum atomic E-state index is 1.38. The molecule has 0 aliphatic carbocycles. The van der Waals surface area contributed by atoms with Crippen molar-refractivity contribution in [1.82, 2.24) is 0 Å². The van der Waals surface area contributed by atoms with Crippen molar-refractivity contribution in [3.05, 3.63) is 33.9 Å². The molecule has 3 rings (SSSR count). The molecule has 0 radical (unpaired) electrons. The zero-order valence-corrected chi connectivity index (χ0v) is 10.4. The summed E-state index contributed by atoms with van der Waals surface area (Å²) in [5.74, 6) is 0. The van der Waals surface area contributed by atoms with Gasteiger partial charge in [0.05, 0.1) is 4.88 Å². The fourth-order valence-corrected chi connectivity index (χ4v) is 5.62. The van der Waals surface area contributed by atoms with Crippen LogP contribution in [0.3, 0.4) is 0 Å². The van der Waals surface area contributed by atoms with Crippen molar-refractivity contribution in [3.63, 3.8) is 0 Å². The van der Waals surface area contributed by atoms with Crippen LogP contribution in [0.5, 0.6) is 0 Å². The Labute approximate surface area is 98.4 Å². The highest BCUT2D eigenvalue weighted by molar-refractivity contribution is 8.78. The second-order valence-corrected chi connectivity index (χ2v) is 6.75. The smallest absolute Gasteiger partial charge is 0.0593 e. The molecule has 14 heavy (non-hydrogen) atoms. The van der Waals surface area contributed by atoms with Gasteiger partial charge in [-0.1, -0.05) is 27.7 Å². The summed E-state index contributed by atoms with van der Waals surface area (Å²) in [7, 11) is 3.67. The van der Waals surface area contributed by atoms with Crippen LogP contribution in [0.25, 0.3) is 15.8 Å². The van der Waals surface area contributed by atoms with E-state index in [2.05, 4.69) is 34.4 Å². The van der Waals surface area contributed by atoms with E-state index in [4.69, 9.17) is 0 Å². The molecule has 0 fully saturated rings. The Hall–Kier alpha value is -0.160. The van der Waals surface area contributed by atoms with Gasteiger partial charge in [0.1, 0.15) is 0 Å². The van der Waals surface area contributed by atoms with E-state index in [1.54, 1.807) is 10.8 Å². The SMILES string of the molecule is C1=Cc2csc(-c3cccs3)c2SS1. The largest absolute Gasteiger partial charge is 0.143 e. The molecule has 70 valence electrons. The van der Waals surface area contributed by atoms with Gasteiger partial charge in [0, 0.05) is 15.3 Å². The van der Waals surface area contributed by atoms with Gasteiger partial charge in [-0.25, -0.2) is 0 Å². The maximum absolute atomic E-state index is 2.24. The fraction of sp³-hybridized carbons (Fsp3) is 0. The zero-order valence-electron chi connectivity index (χ0n) is 7.10. The van der Waals surface area contributed by atoms with Gasteiger partial charge in [0.25, 0.3) is 0 Å². The molecule has 0 N–H and O–H groups in total. The van der Waals surface area contributed by atoms with Gasteiger partial charge in [-0.15, -0.1) is 22.7 Å². The van der Waals surface area contributed by atoms with Gasteiger partial charge in [0.15, 0.2) is 0 Å². The highest BCUT2D eigenvalue weighted by atomic mass is 33.1. The Balaban J connectivity index is 2.16. The van der Waals surface area contributed by atoms with Gasteiger partial charge in [-0.05, 0) is 28.3 Å². The van der Waals surface area contributed by atoms with Gasteiger partial charge in [-0.2, -0.15) is 0 Å². The minimum Gasteiger partial charge on any atom is -0.143 e. The number of thiophene rings is 2. The highest BCUT2D eigenvalue weighted by Gasteiger charge is 2.15. The van der Waals surface area contributed by atoms with Gasteiger partial charge < -0.3 is 0 Å². The van der Waals surface area contributed by atoms with Gasteiger partial charge in [-0.3, -0.25) is 0 Å². The van der Waals surface area contributed by atoms with Crippen molar-refractivity contribution in [2.75, 3.05) is 0 Å². The molecule has 0 nitrogen and oxygen atoms in total. The van der Waals surface area contributed by atoms with Crippen LogP contribution < -0.4 is 0 Å². The Kier molecular flexibility index (Phi) is 2.45. The van der Waals surface area contributed by atoms with Crippen molar-refractivity contribution in [2.24, 2.45) is 0 Å². The molecule has 2 aromatic heterocycles. The molecule has 2 aromatic rings. The average molecular weight is 254 g/mol. The third-order valence-corrected chi connectivity index (χ3v) is 6.20. The molecule has 0 spiro atoms. The molecule has 3 heterocycles. The van der Waals surface area contributed by atoms with Crippen molar-refractivity contribution in [1.29, 1.82) is 0 Å². The summed E-state index contributed by atoms with van der Waals surface area (Å²) < 4.78 is 0. The molecular weight excluding hydrogens is 248 g/mol. The van der Waals surface area contributed by atoms with Crippen LogP contribution in [0.1, 0.15) is 5.56 Å². The predicted molar refractivity (Wildman–Crippen MR) is 70.1 cm³/mol. The summed E-state index contributed by atoms with van der Waals surface area (Å²) in [6.07, 6.45) is 2.20. The van der Waals surface area contributed by atoms with Crippen LogP contribution >= 0.6 is 44.3 Å². The normalized spacial score (nSPS) is 14.3. The quantitative estimate of drug-likeness (QED) is 0.641. The molecule has 0 bridgehead atoms. The van der Waals surface area contributed by atoms with E-state index >= 15 is 0 Å². The van der Waals surface area contributed by atoms with E-state index in [9.17, 15) is 0 Å². The summed E-state index contributed by atoms with van der Waals surface area (Å²) in [4.78, 5) is 4.25. The molecule has 0 atom stereocenters. The molecule has 0 aromatic carbocycles. The van der Waals surface area contributed by atoms with Crippen molar-refractivity contribution in [3.8, 4) is 9.75 Å². The minimum absolute atomic E-state index is 1.38. The summed E-state index contributed by atoms with van der Waals surface area (Å²) in [6.45, 7) is 0. The molecule has 0 unspecified atom stereocenters. The Morgan fingerprint density at radius 2 is 2.14 bits per heavy atom. The summed E-state index contributed by atoms with van der Waals surface area (Å²) >= 11 is 3.67. The van der Waals surface area contributed by atoms with E-state index in [1.165, 1.54) is 20.2 Å². The lowest BCUT2D eigenvalue weighted by Gasteiger charge is -2.04. The maximum Gasteiger partial charge on any atom is 0.0593 e. The van der Waals surface area contributed by atoms with Crippen LogP contribution in [-0.2, 0) is 0 Å². The molecule has 0 saturated heterocycles. The molecule has 4 heteroatoms. The standard InChI is InChI=1S/C10H6S4/c1-2-8(11-4-1)10-9-7(6-12-10)3-5-13-14-9/h1-6H. The zero-order chi connectivity index (χ0) is 9.38. The molecule has 1 aliphatic heterocycles. The first-order chi connectivity index (χ1) is 6.95. The summed E-state index contributed by atoms with van der Waals surface area (Å²) in [6, 6.07) is 4.31. The first kappa shape index (κ1) is 9.09.